The van der Waals surface area contributed by atoms with Gasteiger partial charge in [0.15, 0.2) is 5.75 Å². The highest BCUT2D eigenvalue weighted by atomic mass is 32.2. The van der Waals surface area contributed by atoms with Gasteiger partial charge in [0.05, 0.1) is 0 Å². The van der Waals surface area contributed by atoms with Gasteiger partial charge in [-0.25, -0.2) is 0 Å². The van der Waals surface area contributed by atoms with Gasteiger partial charge in [0.25, 0.3) is 0 Å². The molecule has 1 nitrogen and oxygen atoms in total. The highest BCUT2D eigenvalue weighted by Gasteiger charge is 2.82. The lowest BCUT2D eigenvalue weighted by molar-refractivity contribution is -0.113. The molecule has 7 rings (SSSR count). The van der Waals surface area contributed by atoms with Crippen LogP contribution in [0.5, 0.6) is 0 Å². The number of carbonyl (C=O) groups is 1. The Labute approximate surface area is 149 Å². The summed E-state index contributed by atoms with van der Waals surface area (Å²) in [6.07, 6.45) is 11.6. The topological polar surface area (TPSA) is 17.1 Å². The van der Waals surface area contributed by atoms with E-state index in [9.17, 15) is 4.79 Å². The third-order valence-electron chi connectivity index (χ3n) is 8.93. The van der Waals surface area contributed by atoms with Gasteiger partial charge in [-0.3, -0.25) is 4.79 Å². The standard InChI is InChI=1S/C22H31OS/c1-12(2)24-11-17(23)19-15-8-14-9-22(20(19)21(22)24)10-16(14)18(15)13-6-4-3-5-7-13/h12-14,16,18,20-21H,3-11H2,1-2H3/q+1. The molecule has 0 radical (unpaired) electrons. The van der Waals surface area contributed by atoms with Crippen molar-refractivity contribution in [2.24, 2.45) is 35.0 Å². The van der Waals surface area contributed by atoms with Crippen LogP contribution in [0, 0.1) is 35.0 Å². The number of rotatable bonds is 2. The zero-order valence-corrected chi connectivity index (χ0v) is 16.0. The summed E-state index contributed by atoms with van der Waals surface area (Å²) in [4.78, 5) is 13.2. The van der Waals surface area contributed by atoms with Crippen LogP contribution in [-0.4, -0.2) is 22.0 Å². The van der Waals surface area contributed by atoms with Crippen molar-refractivity contribution in [1.82, 2.24) is 0 Å². The van der Waals surface area contributed by atoms with Crippen LogP contribution < -0.4 is 0 Å². The lowest BCUT2D eigenvalue weighted by atomic mass is 9.72. The van der Waals surface area contributed by atoms with E-state index < -0.39 is 0 Å². The van der Waals surface area contributed by atoms with Gasteiger partial charge < -0.3 is 0 Å². The molecule has 130 valence electrons. The first-order valence-electron chi connectivity index (χ1n) is 10.6. The Morgan fingerprint density at radius 3 is 2.62 bits per heavy atom. The van der Waals surface area contributed by atoms with E-state index in [0.717, 1.165) is 45.8 Å². The van der Waals surface area contributed by atoms with Crippen molar-refractivity contribution in [2.75, 3.05) is 5.75 Å². The van der Waals surface area contributed by atoms with Crippen LogP contribution in [-0.2, 0) is 15.7 Å². The van der Waals surface area contributed by atoms with E-state index in [0.29, 0.717) is 22.1 Å². The van der Waals surface area contributed by atoms with Crippen molar-refractivity contribution < 1.29 is 4.79 Å². The van der Waals surface area contributed by atoms with E-state index in [1.807, 2.05) is 0 Å². The van der Waals surface area contributed by atoms with Gasteiger partial charge in [0, 0.05) is 27.8 Å². The molecule has 1 aliphatic heterocycles. The Hall–Kier alpha value is -0.240. The van der Waals surface area contributed by atoms with Crippen molar-refractivity contribution in [1.29, 1.82) is 0 Å². The quantitative estimate of drug-likeness (QED) is 0.674. The number of ketones is 1. The Morgan fingerprint density at radius 1 is 1.08 bits per heavy atom. The number of hydrogen-bond donors (Lipinski definition) is 0. The zero-order valence-electron chi connectivity index (χ0n) is 15.2. The molecule has 0 amide bonds. The maximum atomic E-state index is 13.2. The second-order valence-electron chi connectivity index (χ2n) is 10.1. The maximum Gasteiger partial charge on any atom is 0.208 e. The smallest absolute Gasteiger partial charge is 0.208 e. The Kier molecular flexibility index (Phi) is 2.93. The van der Waals surface area contributed by atoms with Crippen LogP contribution in [0.15, 0.2) is 11.1 Å². The van der Waals surface area contributed by atoms with Crippen molar-refractivity contribution in [3.8, 4) is 0 Å². The van der Waals surface area contributed by atoms with E-state index in [1.165, 1.54) is 56.9 Å². The summed E-state index contributed by atoms with van der Waals surface area (Å²) >= 11 is 0. The first-order valence-corrected chi connectivity index (χ1v) is 12.1. The van der Waals surface area contributed by atoms with Gasteiger partial charge in [0.1, 0.15) is 10.5 Å². The lowest BCUT2D eigenvalue weighted by Crippen LogP contribution is -2.36. The Bertz CT molecular complexity index is 642. The second-order valence-corrected chi connectivity index (χ2v) is 12.8. The molecule has 24 heavy (non-hydrogen) atoms. The normalized spacial score (nSPS) is 52.2. The maximum absolute atomic E-state index is 13.2. The molecule has 0 aromatic carbocycles. The van der Waals surface area contributed by atoms with Gasteiger partial charge in [-0.2, -0.15) is 0 Å². The molecule has 1 heterocycles. The minimum Gasteiger partial charge on any atom is -0.289 e. The molecule has 7 aliphatic rings. The zero-order chi connectivity index (χ0) is 16.2. The molecule has 1 spiro atoms. The monoisotopic (exact) mass is 343 g/mol. The van der Waals surface area contributed by atoms with Gasteiger partial charge in [0.2, 0.25) is 5.78 Å². The minimum atomic E-state index is 0.378. The average molecular weight is 344 g/mol. The summed E-state index contributed by atoms with van der Waals surface area (Å²) < 4.78 is 0. The summed E-state index contributed by atoms with van der Waals surface area (Å²) in [6.45, 7) is 4.75. The molecule has 4 saturated carbocycles. The summed E-state index contributed by atoms with van der Waals surface area (Å²) in [5.41, 5.74) is 3.79. The van der Waals surface area contributed by atoms with E-state index >= 15 is 0 Å². The van der Waals surface area contributed by atoms with Crippen LogP contribution in [0.4, 0.5) is 0 Å². The fourth-order valence-electron chi connectivity index (χ4n) is 8.25. The predicted molar refractivity (Wildman–Crippen MR) is 100 cm³/mol. The third-order valence-corrected chi connectivity index (χ3v) is 12.1. The molecular weight excluding hydrogens is 312 g/mol. The van der Waals surface area contributed by atoms with Crippen molar-refractivity contribution in [3.63, 3.8) is 0 Å². The first-order chi connectivity index (χ1) is 11.6. The molecule has 0 aromatic heterocycles. The largest absolute Gasteiger partial charge is 0.289 e. The van der Waals surface area contributed by atoms with Gasteiger partial charge in [-0.1, -0.05) is 24.8 Å². The molecule has 2 heteroatoms. The Morgan fingerprint density at radius 2 is 1.88 bits per heavy atom. The summed E-state index contributed by atoms with van der Waals surface area (Å²) in [5.74, 6) is 5.93. The molecule has 1 saturated heterocycles. The van der Waals surface area contributed by atoms with Crippen molar-refractivity contribution in [3.05, 3.63) is 11.1 Å². The molecule has 6 aliphatic carbocycles. The number of allylic oxidation sites excluding steroid dienone is 2. The second kappa shape index (κ2) is 4.72. The van der Waals surface area contributed by atoms with Gasteiger partial charge in [-0.05, 0) is 69.6 Å². The highest BCUT2D eigenvalue weighted by Crippen LogP contribution is 2.79. The fourth-order valence-corrected chi connectivity index (χ4v) is 11.4. The summed E-state index contributed by atoms with van der Waals surface area (Å²) in [5, 5.41) is 1.64. The van der Waals surface area contributed by atoms with Crippen LogP contribution in [0.25, 0.3) is 0 Å². The molecule has 7 unspecified atom stereocenters. The molecular formula is C22H31OS+. The fraction of sp³-hybridized carbons (Fsp3) is 0.864. The SMILES string of the molecule is CC(C)[S+]1CC(=O)C2=C3CC4CC5(CC4C3C3CCCCC3)C2C15. The average Bonchev–Trinajstić information content (AvgIpc) is 2.89. The van der Waals surface area contributed by atoms with Crippen molar-refractivity contribution >= 4 is 16.7 Å². The van der Waals surface area contributed by atoms with Crippen LogP contribution in [0.3, 0.4) is 0 Å². The minimum absolute atomic E-state index is 0.378. The number of Topliss-reactive ketones (excluding diaryl/α,β-unsaturated/α-hetero) is 1. The highest BCUT2D eigenvalue weighted by molar-refractivity contribution is 7.99. The van der Waals surface area contributed by atoms with Crippen LogP contribution in [0.2, 0.25) is 0 Å². The molecule has 4 bridgehead atoms. The molecule has 0 N–H and O–H groups in total. The van der Waals surface area contributed by atoms with Crippen LogP contribution in [0.1, 0.15) is 65.2 Å². The number of hydrogen-bond acceptors (Lipinski definition) is 1. The van der Waals surface area contributed by atoms with Crippen LogP contribution >= 0.6 is 0 Å². The van der Waals surface area contributed by atoms with Gasteiger partial charge in [-0.15, -0.1) is 0 Å². The summed E-state index contributed by atoms with van der Waals surface area (Å²) in [7, 11) is 0.378. The van der Waals surface area contributed by atoms with E-state index in [2.05, 4.69) is 13.8 Å². The van der Waals surface area contributed by atoms with E-state index in [4.69, 9.17) is 0 Å². The van der Waals surface area contributed by atoms with Crippen molar-refractivity contribution in [2.45, 2.75) is 75.7 Å². The molecule has 7 atom stereocenters. The molecule has 0 aromatic rings. The Balaban J connectivity index is 1.46. The molecule has 5 fully saturated rings. The lowest BCUT2D eigenvalue weighted by Gasteiger charge is -2.33. The summed E-state index contributed by atoms with van der Waals surface area (Å²) in [6, 6.07) is 0. The first kappa shape index (κ1) is 14.9. The van der Waals surface area contributed by atoms with E-state index in [1.54, 1.807) is 5.57 Å². The van der Waals surface area contributed by atoms with E-state index in [-0.39, 0.29) is 0 Å². The third kappa shape index (κ3) is 1.63. The van der Waals surface area contributed by atoms with Gasteiger partial charge >= 0.3 is 0 Å². The predicted octanol–water partition coefficient (Wildman–Crippen LogP) is 4.52. The number of carbonyl (C=O) groups excluding carboxylic acids is 1.